The number of carbonyl (C=O) groups excluding carboxylic acids is 1. The molecule has 0 bridgehead atoms. The molecule has 1 fully saturated rings. The van der Waals surface area contributed by atoms with Gasteiger partial charge in [-0.25, -0.2) is 14.0 Å². The first kappa shape index (κ1) is 9.51. The molecule has 0 unspecified atom stereocenters. The summed E-state index contributed by atoms with van der Waals surface area (Å²) < 4.78 is 21.9. The van der Waals surface area contributed by atoms with Crippen LogP contribution in [0, 0.1) is 0 Å². The molecule has 0 aromatic heterocycles. The first-order chi connectivity index (χ1) is 5.64. The van der Waals surface area contributed by atoms with E-state index in [2.05, 4.69) is 14.4 Å². The number of nitrogens with one attached hydrogen (secondary N) is 1. The quantitative estimate of drug-likeness (QED) is 0.661. The van der Waals surface area contributed by atoms with Gasteiger partial charge in [0.25, 0.3) is 0 Å². The predicted molar refractivity (Wildman–Crippen MR) is 41.7 cm³/mol. The molecule has 6 nitrogen and oxygen atoms in total. The Morgan fingerprint density at radius 1 is 1.50 bits per heavy atom. The van der Waals surface area contributed by atoms with Gasteiger partial charge in [-0.15, -0.1) is 0 Å². The van der Waals surface area contributed by atoms with E-state index in [1.807, 2.05) is 0 Å². The fraction of sp³-hybridized carbons (Fsp3) is 0.800. The van der Waals surface area contributed by atoms with E-state index >= 15 is 0 Å². The lowest BCUT2D eigenvalue weighted by atomic mass is 10.7. The van der Waals surface area contributed by atoms with Crippen LogP contribution >= 0.6 is 7.75 Å². The summed E-state index contributed by atoms with van der Waals surface area (Å²) in [6.07, 6.45) is 0. The molecule has 1 aliphatic heterocycles. The van der Waals surface area contributed by atoms with E-state index in [0.29, 0.717) is 13.1 Å². The van der Waals surface area contributed by atoms with Crippen LogP contribution in [-0.4, -0.2) is 38.0 Å². The predicted octanol–water partition coefficient (Wildman–Crippen LogP) is 0.413. The Morgan fingerprint density at radius 2 is 2.08 bits per heavy atom. The van der Waals surface area contributed by atoms with Crippen molar-refractivity contribution in [2.24, 2.45) is 0 Å². The fourth-order valence-corrected chi connectivity index (χ4v) is 2.15. The van der Waals surface area contributed by atoms with Crippen molar-refractivity contribution in [2.75, 3.05) is 27.3 Å². The Bertz CT molecular complexity index is 223. The third kappa shape index (κ3) is 1.46. The molecule has 1 aliphatic rings. The fourth-order valence-electron chi connectivity index (χ4n) is 0.967. The third-order valence-electron chi connectivity index (χ3n) is 1.59. The van der Waals surface area contributed by atoms with E-state index < -0.39 is 13.8 Å². The molecule has 0 aliphatic carbocycles. The van der Waals surface area contributed by atoms with Crippen molar-refractivity contribution in [1.29, 1.82) is 0 Å². The van der Waals surface area contributed by atoms with Gasteiger partial charge in [-0.1, -0.05) is 0 Å². The van der Waals surface area contributed by atoms with Crippen molar-refractivity contribution < 1.29 is 18.4 Å². The van der Waals surface area contributed by atoms with Gasteiger partial charge in [0.05, 0.1) is 6.54 Å². The molecule has 1 N–H and O–H groups in total. The van der Waals surface area contributed by atoms with Crippen LogP contribution in [0.5, 0.6) is 0 Å². The van der Waals surface area contributed by atoms with E-state index in [1.165, 1.54) is 14.2 Å². The molecular formula is C5H11N2O4P. The molecule has 0 aromatic rings. The standard InChI is InChI=1S/C5H11N2O4P/c1-10-12(9,11-2)7-4-3-6-5(7)8/h3-4H2,1-2H3,(H,6,8). The molecule has 0 saturated carbocycles. The van der Waals surface area contributed by atoms with Crippen molar-refractivity contribution in [3.05, 3.63) is 0 Å². The molecule has 2 amide bonds. The lowest BCUT2D eigenvalue weighted by Crippen LogP contribution is -2.26. The van der Waals surface area contributed by atoms with Gasteiger partial charge < -0.3 is 5.32 Å². The van der Waals surface area contributed by atoms with Crippen molar-refractivity contribution >= 4 is 13.8 Å². The summed E-state index contributed by atoms with van der Waals surface area (Å²) in [4.78, 5) is 11.0. The second-order valence-corrected chi connectivity index (χ2v) is 4.34. The van der Waals surface area contributed by atoms with E-state index in [-0.39, 0.29) is 0 Å². The highest BCUT2D eigenvalue weighted by Gasteiger charge is 2.38. The minimum Gasteiger partial charge on any atom is -0.336 e. The maximum atomic E-state index is 11.6. The Morgan fingerprint density at radius 3 is 2.42 bits per heavy atom. The zero-order valence-electron chi connectivity index (χ0n) is 6.94. The zero-order valence-corrected chi connectivity index (χ0v) is 7.84. The van der Waals surface area contributed by atoms with Gasteiger partial charge >= 0.3 is 13.8 Å². The topological polar surface area (TPSA) is 67.9 Å². The van der Waals surface area contributed by atoms with Crippen LogP contribution in [0.4, 0.5) is 4.79 Å². The molecule has 0 atom stereocenters. The number of urea groups is 1. The summed E-state index contributed by atoms with van der Waals surface area (Å²) in [6, 6.07) is -0.415. The van der Waals surface area contributed by atoms with Crippen LogP contribution in [0.15, 0.2) is 0 Å². The maximum absolute atomic E-state index is 11.6. The van der Waals surface area contributed by atoms with Gasteiger partial charge in [-0.3, -0.25) is 9.05 Å². The lowest BCUT2D eigenvalue weighted by molar-refractivity contribution is 0.204. The molecule has 12 heavy (non-hydrogen) atoms. The molecule has 7 heteroatoms. The number of carbonyl (C=O) groups is 1. The maximum Gasteiger partial charge on any atom is 0.438 e. The SMILES string of the molecule is COP(=O)(OC)N1CCNC1=O. The van der Waals surface area contributed by atoms with E-state index in [4.69, 9.17) is 0 Å². The Kier molecular flexibility index (Phi) is 2.72. The third-order valence-corrected chi connectivity index (χ3v) is 3.49. The highest BCUT2D eigenvalue weighted by molar-refractivity contribution is 7.52. The zero-order chi connectivity index (χ0) is 9.19. The number of rotatable bonds is 3. The molecule has 70 valence electrons. The molecule has 0 radical (unpaired) electrons. The highest BCUT2D eigenvalue weighted by atomic mass is 31.2. The minimum atomic E-state index is -3.36. The average Bonchev–Trinajstić information content (AvgIpc) is 2.51. The minimum absolute atomic E-state index is 0.345. The van der Waals surface area contributed by atoms with Crippen LogP contribution in [-0.2, 0) is 13.6 Å². The molecule has 1 saturated heterocycles. The van der Waals surface area contributed by atoms with Gasteiger partial charge in [-0.2, -0.15) is 0 Å². The number of hydrogen-bond donors (Lipinski definition) is 1. The second kappa shape index (κ2) is 3.43. The molecule has 0 spiro atoms. The smallest absolute Gasteiger partial charge is 0.336 e. The molecular weight excluding hydrogens is 183 g/mol. The van der Waals surface area contributed by atoms with Crippen LogP contribution < -0.4 is 5.32 Å². The highest BCUT2D eigenvalue weighted by Crippen LogP contribution is 2.50. The monoisotopic (exact) mass is 194 g/mol. The van der Waals surface area contributed by atoms with E-state index in [0.717, 1.165) is 4.67 Å². The van der Waals surface area contributed by atoms with Crippen molar-refractivity contribution in [2.45, 2.75) is 0 Å². The van der Waals surface area contributed by atoms with Gasteiger partial charge in [-0.05, 0) is 0 Å². The summed E-state index contributed by atoms with van der Waals surface area (Å²) >= 11 is 0. The Labute approximate surface area is 70.4 Å². The first-order valence-corrected chi connectivity index (χ1v) is 4.91. The second-order valence-electron chi connectivity index (χ2n) is 2.19. The molecule has 0 aromatic carbocycles. The normalized spacial score (nSPS) is 18.2. The Balaban J connectivity index is 2.79. The van der Waals surface area contributed by atoms with E-state index in [9.17, 15) is 9.36 Å². The van der Waals surface area contributed by atoms with Crippen LogP contribution in [0.2, 0.25) is 0 Å². The van der Waals surface area contributed by atoms with Gasteiger partial charge in [0.2, 0.25) is 0 Å². The van der Waals surface area contributed by atoms with Gasteiger partial charge in [0.15, 0.2) is 0 Å². The summed E-state index contributed by atoms with van der Waals surface area (Å²) in [7, 11) is -0.872. The van der Waals surface area contributed by atoms with Crippen molar-refractivity contribution in [3.63, 3.8) is 0 Å². The van der Waals surface area contributed by atoms with E-state index in [1.54, 1.807) is 0 Å². The lowest BCUT2D eigenvalue weighted by Gasteiger charge is -2.21. The summed E-state index contributed by atoms with van der Waals surface area (Å²) in [6.45, 7) is 0.813. The Hall–Kier alpha value is -0.580. The molecule has 1 rings (SSSR count). The summed E-state index contributed by atoms with van der Waals surface area (Å²) in [5.74, 6) is 0. The number of amides is 2. The number of nitrogens with zero attached hydrogens (tertiary/aromatic N) is 1. The van der Waals surface area contributed by atoms with Crippen LogP contribution in [0.1, 0.15) is 0 Å². The van der Waals surface area contributed by atoms with Gasteiger partial charge in [0, 0.05) is 20.8 Å². The first-order valence-electron chi connectivity index (χ1n) is 3.41. The van der Waals surface area contributed by atoms with Crippen molar-refractivity contribution in [3.8, 4) is 0 Å². The van der Waals surface area contributed by atoms with Crippen LogP contribution in [0.25, 0.3) is 0 Å². The molecule has 1 heterocycles. The van der Waals surface area contributed by atoms with Crippen molar-refractivity contribution in [1.82, 2.24) is 9.99 Å². The summed E-state index contributed by atoms with van der Waals surface area (Å²) in [5.41, 5.74) is 0. The average molecular weight is 194 g/mol. The number of hydrogen-bond acceptors (Lipinski definition) is 4. The van der Waals surface area contributed by atoms with Gasteiger partial charge in [0.1, 0.15) is 0 Å². The van der Waals surface area contributed by atoms with Crippen LogP contribution in [0.3, 0.4) is 0 Å². The largest absolute Gasteiger partial charge is 0.438 e. The summed E-state index contributed by atoms with van der Waals surface area (Å²) in [5, 5.41) is 2.50.